The van der Waals surface area contributed by atoms with E-state index in [1.807, 2.05) is 0 Å². The van der Waals surface area contributed by atoms with Crippen LogP contribution in [0.5, 0.6) is 0 Å². The van der Waals surface area contributed by atoms with Crippen LogP contribution in [0.25, 0.3) is 10.9 Å². The zero-order chi connectivity index (χ0) is 25.2. The third-order valence-electron chi connectivity index (χ3n) is 7.67. The molecule has 7 heteroatoms. The summed E-state index contributed by atoms with van der Waals surface area (Å²) in [5.74, 6) is 1.09. The fourth-order valence-electron chi connectivity index (χ4n) is 5.32. The highest BCUT2D eigenvalue weighted by Gasteiger charge is 2.21. The molecule has 3 heterocycles. The van der Waals surface area contributed by atoms with Crippen molar-refractivity contribution in [3.63, 3.8) is 0 Å². The lowest BCUT2D eigenvalue weighted by molar-refractivity contribution is 0.270. The minimum Gasteiger partial charge on any atom is -0.368 e. The van der Waals surface area contributed by atoms with Crippen LogP contribution in [0.1, 0.15) is 23.6 Å². The molecule has 2 aliphatic rings. The molecule has 0 spiro atoms. The average Bonchev–Trinajstić information content (AvgIpc) is 2.90. The lowest BCUT2D eigenvalue weighted by Crippen LogP contribution is -2.50. The number of likely N-dealkylation sites (N-methyl/N-ethyl adjacent to an activating group) is 1. The number of anilines is 3. The van der Waals surface area contributed by atoms with E-state index in [0.717, 1.165) is 81.0 Å². The van der Waals surface area contributed by atoms with Crippen LogP contribution in [0.2, 0.25) is 0 Å². The summed E-state index contributed by atoms with van der Waals surface area (Å²) in [4.78, 5) is 14.7. The number of aryl methyl sites for hydroxylation is 3. The maximum absolute atomic E-state index is 5.81. The van der Waals surface area contributed by atoms with Gasteiger partial charge in [0.25, 0.3) is 0 Å². The highest BCUT2D eigenvalue weighted by Crippen LogP contribution is 2.27. The lowest BCUT2D eigenvalue weighted by atomic mass is 10.1. The third-order valence-corrected chi connectivity index (χ3v) is 8.03. The Morgan fingerprint density at radius 1 is 0.833 bits per heavy atom. The molecule has 2 aromatic carbocycles. The second kappa shape index (κ2) is 10.6. The van der Waals surface area contributed by atoms with Gasteiger partial charge >= 0.3 is 0 Å². The number of rotatable bonds is 4. The number of piperazine rings is 2. The smallest absolute Gasteiger partial charge is 0.173 e. The fourth-order valence-corrected chi connectivity index (χ4v) is 5.62. The van der Waals surface area contributed by atoms with Crippen molar-refractivity contribution in [1.29, 1.82) is 0 Å². The topological polar surface area (TPSA) is 37.9 Å². The van der Waals surface area contributed by atoms with E-state index in [2.05, 4.69) is 95.1 Å². The average molecular weight is 503 g/mol. The summed E-state index contributed by atoms with van der Waals surface area (Å²) in [7, 11) is 0. The quantitative estimate of drug-likeness (QED) is 0.513. The van der Waals surface area contributed by atoms with E-state index >= 15 is 0 Å². The lowest BCUT2D eigenvalue weighted by Gasteiger charge is -2.38. The Kier molecular flexibility index (Phi) is 7.30. The molecule has 0 atom stereocenters. The van der Waals surface area contributed by atoms with Gasteiger partial charge in [0.2, 0.25) is 0 Å². The van der Waals surface area contributed by atoms with Gasteiger partial charge in [-0.15, -0.1) is 0 Å². The van der Waals surface area contributed by atoms with E-state index in [4.69, 9.17) is 17.2 Å². The van der Waals surface area contributed by atoms with Crippen molar-refractivity contribution in [3.05, 3.63) is 59.2 Å². The van der Waals surface area contributed by atoms with E-state index in [0.29, 0.717) is 0 Å². The Morgan fingerprint density at radius 3 is 2.28 bits per heavy atom. The van der Waals surface area contributed by atoms with Crippen LogP contribution in [0.4, 0.5) is 17.2 Å². The maximum atomic E-state index is 5.81. The summed E-state index contributed by atoms with van der Waals surface area (Å²) in [6.45, 7) is 18.0. The first-order valence-electron chi connectivity index (χ1n) is 13.2. The van der Waals surface area contributed by atoms with Crippen LogP contribution < -0.4 is 15.1 Å². The third kappa shape index (κ3) is 5.27. The number of pyridine rings is 1. The van der Waals surface area contributed by atoms with Gasteiger partial charge in [-0.25, -0.2) is 4.98 Å². The summed E-state index contributed by atoms with van der Waals surface area (Å²) >= 11 is 5.81. The predicted octanol–water partition coefficient (Wildman–Crippen LogP) is 4.82. The standard InChI is InChI=1S/C29H38N6S/c1-5-32-10-12-34(13-11-32)28-19-23(4)25-20-24(8-9-26(25)31-28)30-29(36)35-16-14-33(15-17-35)27-18-21(2)6-7-22(27)3/h6-9,18-20H,5,10-17H2,1-4H3,(H,30,36). The molecule has 190 valence electrons. The van der Waals surface area contributed by atoms with E-state index in [1.54, 1.807) is 0 Å². The molecule has 5 rings (SSSR count). The molecule has 0 aliphatic carbocycles. The van der Waals surface area contributed by atoms with Crippen molar-refractivity contribution in [2.45, 2.75) is 27.7 Å². The van der Waals surface area contributed by atoms with Gasteiger partial charge in [-0.2, -0.15) is 0 Å². The van der Waals surface area contributed by atoms with E-state index in [9.17, 15) is 0 Å². The SMILES string of the molecule is CCN1CCN(c2cc(C)c3cc(NC(=S)N4CCN(c5cc(C)ccc5C)CC4)ccc3n2)CC1. The van der Waals surface area contributed by atoms with Crippen LogP contribution in [0.3, 0.4) is 0 Å². The Bertz CT molecular complexity index is 1240. The number of hydrogen-bond donors (Lipinski definition) is 1. The second-order valence-electron chi connectivity index (χ2n) is 10.1. The summed E-state index contributed by atoms with van der Waals surface area (Å²) in [5, 5.41) is 5.47. The fraction of sp³-hybridized carbons (Fsp3) is 0.448. The predicted molar refractivity (Wildman–Crippen MR) is 157 cm³/mol. The van der Waals surface area contributed by atoms with E-state index in [1.165, 1.54) is 27.8 Å². The van der Waals surface area contributed by atoms with Gasteiger partial charge in [0.1, 0.15) is 5.82 Å². The molecule has 0 saturated carbocycles. The number of nitrogens with zero attached hydrogens (tertiary/aromatic N) is 5. The van der Waals surface area contributed by atoms with Crippen molar-refractivity contribution in [2.24, 2.45) is 0 Å². The molecule has 0 bridgehead atoms. The van der Waals surface area contributed by atoms with E-state index in [-0.39, 0.29) is 0 Å². The van der Waals surface area contributed by atoms with Gasteiger partial charge in [0.05, 0.1) is 5.52 Å². The highest BCUT2D eigenvalue weighted by molar-refractivity contribution is 7.80. The van der Waals surface area contributed by atoms with Gasteiger partial charge < -0.3 is 24.9 Å². The van der Waals surface area contributed by atoms with Crippen LogP contribution in [0, 0.1) is 20.8 Å². The summed E-state index contributed by atoms with van der Waals surface area (Å²) in [6, 6.07) is 15.3. The Labute approximate surface area is 220 Å². The van der Waals surface area contributed by atoms with Crippen molar-refractivity contribution in [2.75, 3.05) is 74.0 Å². The van der Waals surface area contributed by atoms with Crippen LogP contribution in [0.15, 0.2) is 42.5 Å². The van der Waals surface area contributed by atoms with Crippen LogP contribution in [-0.4, -0.2) is 78.8 Å². The molecule has 1 aromatic heterocycles. The molecular weight excluding hydrogens is 464 g/mol. The largest absolute Gasteiger partial charge is 0.368 e. The highest BCUT2D eigenvalue weighted by atomic mass is 32.1. The molecule has 2 aliphatic heterocycles. The maximum Gasteiger partial charge on any atom is 0.173 e. The monoisotopic (exact) mass is 502 g/mol. The number of benzene rings is 2. The Hall–Kier alpha value is -2.90. The van der Waals surface area contributed by atoms with Crippen molar-refractivity contribution < 1.29 is 0 Å². The molecular formula is C29H38N6S. The molecule has 2 fully saturated rings. The van der Waals surface area contributed by atoms with Crippen molar-refractivity contribution in [1.82, 2.24) is 14.8 Å². The summed E-state index contributed by atoms with van der Waals surface area (Å²) in [5.41, 5.74) is 7.31. The number of thiocarbonyl (C=S) groups is 1. The molecule has 1 N–H and O–H groups in total. The van der Waals surface area contributed by atoms with Crippen molar-refractivity contribution >= 4 is 45.4 Å². The number of hydrogen-bond acceptors (Lipinski definition) is 5. The minimum absolute atomic E-state index is 0.797. The number of fused-ring (bicyclic) bond motifs is 1. The first kappa shape index (κ1) is 24.8. The molecule has 0 radical (unpaired) electrons. The van der Waals surface area contributed by atoms with Crippen LogP contribution >= 0.6 is 12.2 Å². The normalized spacial score (nSPS) is 17.1. The van der Waals surface area contributed by atoms with Gasteiger partial charge in [-0.1, -0.05) is 19.1 Å². The van der Waals surface area contributed by atoms with E-state index < -0.39 is 0 Å². The van der Waals surface area contributed by atoms with Gasteiger partial charge in [-0.05, 0) is 86.6 Å². The van der Waals surface area contributed by atoms with Crippen LogP contribution in [-0.2, 0) is 0 Å². The zero-order valence-corrected chi connectivity index (χ0v) is 22.9. The molecule has 0 unspecified atom stereocenters. The minimum atomic E-state index is 0.797. The summed E-state index contributed by atoms with van der Waals surface area (Å²) in [6.07, 6.45) is 0. The number of aromatic nitrogens is 1. The first-order valence-corrected chi connectivity index (χ1v) is 13.6. The summed E-state index contributed by atoms with van der Waals surface area (Å²) < 4.78 is 0. The molecule has 6 nitrogen and oxygen atoms in total. The van der Waals surface area contributed by atoms with Gasteiger partial charge in [0.15, 0.2) is 5.11 Å². The molecule has 0 amide bonds. The Balaban J connectivity index is 1.23. The molecule has 36 heavy (non-hydrogen) atoms. The first-order chi connectivity index (χ1) is 17.4. The van der Waals surface area contributed by atoms with Crippen molar-refractivity contribution in [3.8, 4) is 0 Å². The molecule has 3 aromatic rings. The number of nitrogens with one attached hydrogen (secondary N) is 1. The van der Waals surface area contributed by atoms with Gasteiger partial charge in [-0.3, -0.25) is 0 Å². The Morgan fingerprint density at radius 2 is 1.56 bits per heavy atom. The second-order valence-corrected chi connectivity index (χ2v) is 10.5. The van der Waals surface area contributed by atoms with Gasteiger partial charge in [0, 0.05) is 69.1 Å². The zero-order valence-electron chi connectivity index (χ0n) is 22.0. The molecule has 2 saturated heterocycles.